The van der Waals surface area contributed by atoms with Crippen LogP contribution in [0.25, 0.3) is 10.2 Å². The zero-order chi connectivity index (χ0) is 12.2. The molecule has 1 aromatic carbocycles. The molecule has 0 spiro atoms. The highest BCUT2D eigenvalue weighted by Gasteiger charge is 2.00. The van der Waals surface area contributed by atoms with Gasteiger partial charge in [0.25, 0.3) is 0 Å². The summed E-state index contributed by atoms with van der Waals surface area (Å²) in [6, 6.07) is 11.8. The number of para-hydroxylation sites is 1. The van der Waals surface area contributed by atoms with Gasteiger partial charge in [-0.3, -0.25) is 10.4 Å². The molecule has 2 heterocycles. The number of benzene rings is 1. The first-order valence-corrected chi connectivity index (χ1v) is 6.28. The predicted molar refractivity (Wildman–Crippen MR) is 75.1 cm³/mol. The van der Waals surface area contributed by atoms with Gasteiger partial charge in [-0.1, -0.05) is 29.5 Å². The normalized spacial score (nSPS) is 11.1. The van der Waals surface area contributed by atoms with Crippen LogP contribution in [0, 0.1) is 0 Å². The van der Waals surface area contributed by atoms with Gasteiger partial charge in [0, 0.05) is 18.0 Å². The van der Waals surface area contributed by atoms with Gasteiger partial charge < -0.3 is 0 Å². The number of nitrogens with one attached hydrogen (secondary N) is 1. The van der Waals surface area contributed by atoms with E-state index in [1.807, 2.05) is 36.4 Å². The summed E-state index contributed by atoms with van der Waals surface area (Å²) in [4.78, 5) is 8.43. The van der Waals surface area contributed by atoms with Crippen molar-refractivity contribution in [1.82, 2.24) is 9.97 Å². The first-order valence-electron chi connectivity index (χ1n) is 5.46. The smallest absolute Gasteiger partial charge is 0.204 e. The number of hydrazone groups is 1. The molecular formula is C13H10N4S. The molecule has 0 unspecified atom stereocenters. The minimum Gasteiger partial charge on any atom is -0.264 e. The van der Waals surface area contributed by atoms with Crippen molar-refractivity contribution in [2.75, 3.05) is 5.43 Å². The van der Waals surface area contributed by atoms with Crippen LogP contribution in [0.3, 0.4) is 0 Å². The Balaban J connectivity index is 1.75. The highest BCUT2D eigenvalue weighted by molar-refractivity contribution is 7.22. The van der Waals surface area contributed by atoms with Crippen molar-refractivity contribution >= 4 is 32.9 Å². The lowest BCUT2D eigenvalue weighted by Gasteiger charge is -1.92. The molecule has 1 N–H and O–H groups in total. The molecule has 5 heteroatoms. The third kappa shape index (κ3) is 2.36. The van der Waals surface area contributed by atoms with Crippen LogP contribution >= 0.6 is 11.3 Å². The number of hydrogen-bond acceptors (Lipinski definition) is 5. The lowest BCUT2D eigenvalue weighted by Crippen LogP contribution is -1.89. The minimum atomic E-state index is 0.788. The highest BCUT2D eigenvalue weighted by Crippen LogP contribution is 2.25. The fourth-order valence-corrected chi connectivity index (χ4v) is 2.35. The Labute approximate surface area is 108 Å². The quantitative estimate of drug-likeness (QED) is 0.577. The van der Waals surface area contributed by atoms with Crippen molar-refractivity contribution < 1.29 is 0 Å². The number of hydrogen-bond donors (Lipinski definition) is 1. The fourth-order valence-electron chi connectivity index (χ4n) is 1.53. The van der Waals surface area contributed by atoms with Gasteiger partial charge in [-0.15, -0.1) is 0 Å². The second-order valence-corrected chi connectivity index (χ2v) is 4.67. The van der Waals surface area contributed by atoms with Crippen molar-refractivity contribution in [1.29, 1.82) is 0 Å². The van der Waals surface area contributed by atoms with Crippen LogP contribution in [0.5, 0.6) is 0 Å². The van der Waals surface area contributed by atoms with Gasteiger partial charge in [0.1, 0.15) is 0 Å². The molecule has 0 aliphatic heterocycles. The van der Waals surface area contributed by atoms with E-state index in [2.05, 4.69) is 20.5 Å². The predicted octanol–water partition coefficient (Wildman–Crippen LogP) is 3.14. The van der Waals surface area contributed by atoms with Crippen molar-refractivity contribution in [2.45, 2.75) is 0 Å². The number of aromatic nitrogens is 2. The number of nitrogens with zero attached hydrogens (tertiary/aromatic N) is 3. The minimum absolute atomic E-state index is 0.788. The average Bonchev–Trinajstić information content (AvgIpc) is 2.82. The highest BCUT2D eigenvalue weighted by atomic mass is 32.1. The Morgan fingerprint density at radius 3 is 2.94 bits per heavy atom. The summed E-state index contributed by atoms with van der Waals surface area (Å²) in [5.74, 6) is 0. The van der Waals surface area contributed by atoms with E-state index < -0.39 is 0 Å². The lowest BCUT2D eigenvalue weighted by molar-refractivity contribution is 1.29. The van der Waals surface area contributed by atoms with E-state index in [9.17, 15) is 0 Å². The molecule has 3 aromatic rings. The summed E-state index contributed by atoms with van der Waals surface area (Å²) < 4.78 is 1.15. The molecule has 88 valence electrons. The third-order valence-electron chi connectivity index (χ3n) is 2.35. The van der Waals surface area contributed by atoms with Crippen molar-refractivity contribution in [2.24, 2.45) is 5.10 Å². The second kappa shape index (κ2) is 4.93. The van der Waals surface area contributed by atoms with Gasteiger partial charge in [-0.2, -0.15) is 5.10 Å². The second-order valence-electron chi connectivity index (χ2n) is 3.64. The number of anilines is 1. The lowest BCUT2D eigenvalue weighted by atomic mass is 10.3. The van der Waals surface area contributed by atoms with Crippen LogP contribution in [0.15, 0.2) is 53.9 Å². The first-order chi connectivity index (χ1) is 8.92. The monoisotopic (exact) mass is 254 g/mol. The molecule has 3 rings (SSSR count). The van der Waals surface area contributed by atoms with E-state index in [0.29, 0.717) is 0 Å². The molecule has 0 bridgehead atoms. The summed E-state index contributed by atoms with van der Waals surface area (Å²) in [6.07, 6.45) is 5.21. The van der Waals surface area contributed by atoms with Crippen LogP contribution in [0.2, 0.25) is 0 Å². The van der Waals surface area contributed by atoms with E-state index in [4.69, 9.17) is 0 Å². The molecular weight excluding hydrogens is 244 g/mol. The maximum Gasteiger partial charge on any atom is 0.204 e. The maximum atomic E-state index is 4.42. The molecule has 2 aromatic heterocycles. The molecule has 4 nitrogen and oxygen atoms in total. The van der Waals surface area contributed by atoms with Crippen LogP contribution < -0.4 is 5.43 Å². The Morgan fingerprint density at radius 2 is 2.11 bits per heavy atom. The van der Waals surface area contributed by atoms with E-state index in [0.717, 1.165) is 20.9 Å². The Hall–Kier alpha value is -2.27. The summed E-state index contributed by atoms with van der Waals surface area (Å²) in [7, 11) is 0. The van der Waals surface area contributed by atoms with Gasteiger partial charge in [0.2, 0.25) is 5.13 Å². The van der Waals surface area contributed by atoms with Crippen molar-refractivity contribution in [3.8, 4) is 0 Å². The van der Waals surface area contributed by atoms with Crippen LogP contribution in [0.4, 0.5) is 5.13 Å². The van der Waals surface area contributed by atoms with Gasteiger partial charge in [0.15, 0.2) is 0 Å². The Kier molecular flexibility index (Phi) is 2.97. The van der Waals surface area contributed by atoms with Gasteiger partial charge >= 0.3 is 0 Å². The summed E-state index contributed by atoms with van der Waals surface area (Å²) in [5, 5.41) is 4.93. The largest absolute Gasteiger partial charge is 0.264 e. The van der Waals surface area contributed by atoms with Gasteiger partial charge in [0.05, 0.1) is 16.4 Å². The molecule has 0 aliphatic carbocycles. The zero-order valence-corrected chi connectivity index (χ0v) is 10.3. The Bertz CT molecular complexity index is 643. The molecule has 0 radical (unpaired) electrons. The van der Waals surface area contributed by atoms with Crippen LogP contribution in [-0.2, 0) is 0 Å². The summed E-state index contributed by atoms with van der Waals surface area (Å²) >= 11 is 1.58. The van der Waals surface area contributed by atoms with E-state index in [1.54, 1.807) is 29.9 Å². The van der Waals surface area contributed by atoms with Gasteiger partial charge in [-0.25, -0.2) is 4.98 Å². The molecule has 0 saturated heterocycles. The van der Waals surface area contributed by atoms with Crippen LogP contribution in [-0.4, -0.2) is 16.2 Å². The molecule has 18 heavy (non-hydrogen) atoms. The van der Waals surface area contributed by atoms with Gasteiger partial charge in [-0.05, 0) is 18.2 Å². The maximum absolute atomic E-state index is 4.42. The van der Waals surface area contributed by atoms with Crippen molar-refractivity contribution in [3.63, 3.8) is 0 Å². The number of pyridine rings is 1. The van der Waals surface area contributed by atoms with E-state index in [-0.39, 0.29) is 0 Å². The topological polar surface area (TPSA) is 50.2 Å². The molecule has 0 atom stereocenters. The number of fused-ring (bicyclic) bond motifs is 1. The third-order valence-corrected chi connectivity index (χ3v) is 3.29. The standard InChI is InChI=1S/C13H10N4S/c1-2-6-12-11(5-1)16-13(18-12)17-15-9-10-4-3-7-14-8-10/h1-9H,(H,16,17)/b15-9-. The zero-order valence-electron chi connectivity index (χ0n) is 9.45. The molecule has 0 saturated carbocycles. The summed E-state index contributed by atoms with van der Waals surface area (Å²) in [5.41, 5.74) is 4.87. The fraction of sp³-hybridized carbons (Fsp3) is 0. The first kappa shape index (κ1) is 10.9. The van der Waals surface area contributed by atoms with E-state index in [1.165, 1.54) is 0 Å². The average molecular weight is 254 g/mol. The number of rotatable bonds is 3. The SMILES string of the molecule is C(=N/Nc1nc2ccccc2s1)/c1cccnc1. The number of thiazole rings is 1. The molecule has 0 amide bonds. The van der Waals surface area contributed by atoms with E-state index >= 15 is 0 Å². The van der Waals surface area contributed by atoms with Crippen molar-refractivity contribution in [3.05, 3.63) is 54.4 Å². The Morgan fingerprint density at radius 1 is 1.17 bits per heavy atom. The molecule has 0 fully saturated rings. The summed E-state index contributed by atoms with van der Waals surface area (Å²) in [6.45, 7) is 0. The van der Waals surface area contributed by atoms with Crippen LogP contribution in [0.1, 0.15) is 5.56 Å². The molecule has 0 aliphatic rings.